The Bertz CT molecular complexity index is 615. The zero-order valence-electron chi connectivity index (χ0n) is 8.64. The highest BCUT2D eigenvalue weighted by Gasteiger charge is 2.44. The van der Waals surface area contributed by atoms with Gasteiger partial charge in [-0.3, -0.25) is 14.5 Å². The number of carbonyl (C=O) groups excluding carboxylic acids is 2. The molecule has 1 aromatic rings. The third-order valence-corrected chi connectivity index (χ3v) is 2.96. The van der Waals surface area contributed by atoms with Gasteiger partial charge in [0, 0.05) is 11.1 Å². The van der Waals surface area contributed by atoms with Crippen LogP contribution in [0.25, 0.3) is 5.70 Å². The van der Waals surface area contributed by atoms with Crippen molar-refractivity contribution in [3.63, 3.8) is 0 Å². The zero-order chi connectivity index (χ0) is 12.2. The molecule has 0 atom stereocenters. The van der Waals surface area contributed by atoms with Crippen molar-refractivity contribution in [2.45, 2.75) is 0 Å². The third-order valence-electron chi connectivity index (χ3n) is 2.96. The van der Waals surface area contributed by atoms with Crippen LogP contribution in [-0.4, -0.2) is 34.2 Å². The van der Waals surface area contributed by atoms with Crippen LogP contribution >= 0.6 is 0 Å². The first-order chi connectivity index (χ1) is 8.11. The predicted octanol–water partition coefficient (Wildman–Crippen LogP) is 0.521. The van der Waals surface area contributed by atoms with Gasteiger partial charge in [0.1, 0.15) is 5.57 Å². The number of hydrogen-bond donors (Lipinski definition) is 1. The van der Waals surface area contributed by atoms with Crippen molar-refractivity contribution in [2.24, 2.45) is 0 Å². The number of ketones is 1. The number of carboxylic acids is 1. The van der Waals surface area contributed by atoms with E-state index in [1.165, 1.54) is 4.90 Å². The highest BCUT2D eigenvalue weighted by atomic mass is 16.4. The molecule has 2 heterocycles. The first-order valence-electron chi connectivity index (χ1n) is 5.03. The van der Waals surface area contributed by atoms with Gasteiger partial charge in [0.15, 0.2) is 5.78 Å². The normalized spacial score (nSPS) is 17.5. The fourth-order valence-electron chi connectivity index (χ4n) is 2.26. The molecule has 2 aliphatic heterocycles. The SMILES string of the molecule is O=C(O)C1=C2c3ccccc3C(=O)N2CC1=O. The van der Waals surface area contributed by atoms with Gasteiger partial charge in [0.25, 0.3) is 5.91 Å². The zero-order valence-corrected chi connectivity index (χ0v) is 8.64. The van der Waals surface area contributed by atoms with Crippen molar-refractivity contribution in [2.75, 3.05) is 6.54 Å². The van der Waals surface area contributed by atoms with E-state index in [1.54, 1.807) is 24.3 Å². The Morgan fingerprint density at radius 1 is 1.18 bits per heavy atom. The summed E-state index contributed by atoms with van der Waals surface area (Å²) < 4.78 is 0. The Labute approximate surface area is 96.0 Å². The molecule has 84 valence electrons. The van der Waals surface area contributed by atoms with E-state index in [4.69, 9.17) is 5.11 Å². The van der Waals surface area contributed by atoms with Crippen LogP contribution in [0, 0.1) is 0 Å². The third kappa shape index (κ3) is 1.10. The molecule has 5 nitrogen and oxygen atoms in total. The average molecular weight is 229 g/mol. The lowest BCUT2D eigenvalue weighted by Crippen LogP contribution is -2.23. The van der Waals surface area contributed by atoms with Gasteiger partial charge in [-0.15, -0.1) is 0 Å². The molecule has 17 heavy (non-hydrogen) atoms. The van der Waals surface area contributed by atoms with Crippen molar-refractivity contribution in [3.05, 3.63) is 41.0 Å². The molecule has 0 radical (unpaired) electrons. The summed E-state index contributed by atoms with van der Waals surface area (Å²) in [7, 11) is 0. The summed E-state index contributed by atoms with van der Waals surface area (Å²) in [5, 5.41) is 9.03. The van der Waals surface area contributed by atoms with Gasteiger partial charge in [-0.25, -0.2) is 4.79 Å². The molecule has 0 unspecified atom stereocenters. The molecule has 3 rings (SSSR count). The molecular formula is C12H7NO4. The van der Waals surface area contributed by atoms with Crippen molar-refractivity contribution < 1.29 is 19.5 Å². The van der Waals surface area contributed by atoms with E-state index < -0.39 is 11.8 Å². The molecule has 1 N–H and O–H groups in total. The minimum atomic E-state index is -1.28. The van der Waals surface area contributed by atoms with Crippen LogP contribution in [0.2, 0.25) is 0 Å². The largest absolute Gasteiger partial charge is 0.477 e. The molecule has 0 fully saturated rings. The van der Waals surface area contributed by atoms with Crippen LogP contribution in [0.4, 0.5) is 0 Å². The van der Waals surface area contributed by atoms with Crippen LogP contribution in [0.3, 0.4) is 0 Å². The highest BCUT2D eigenvalue weighted by molar-refractivity contribution is 6.30. The maximum atomic E-state index is 11.9. The van der Waals surface area contributed by atoms with E-state index in [-0.39, 0.29) is 23.7 Å². The van der Waals surface area contributed by atoms with E-state index in [0.717, 1.165) is 0 Å². The van der Waals surface area contributed by atoms with Crippen LogP contribution < -0.4 is 0 Å². The summed E-state index contributed by atoms with van der Waals surface area (Å²) in [6.45, 7) is -0.176. The average Bonchev–Trinajstić information content (AvgIpc) is 2.76. The molecule has 1 aromatic carbocycles. The Morgan fingerprint density at radius 2 is 1.82 bits per heavy atom. The number of rotatable bonds is 1. The Hall–Kier alpha value is -2.43. The lowest BCUT2D eigenvalue weighted by Gasteiger charge is -2.08. The summed E-state index contributed by atoms with van der Waals surface area (Å²) in [5.74, 6) is -2.10. The standard InChI is InChI=1S/C12H7NO4/c14-8-5-13-10(9(8)12(16)17)6-3-1-2-4-7(6)11(13)15/h1-4H,5H2,(H,16,17). The summed E-state index contributed by atoms with van der Waals surface area (Å²) in [5.41, 5.74) is 0.931. The van der Waals surface area contributed by atoms with Gasteiger partial charge in [0.2, 0.25) is 0 Å². The number of fused-ring (bicyclic) bond motifs is 3. The van der Waals surface area contributed by atoms with Crippen molar-refractivity contribution >= 4 is 23.4 Å². The van der Waals surface area contributed by atoms with E-state index in [1.807, 2.05) is 0 Å². The quantitative estimate of drug-likeness (QED) is 0.712. The fourth-order valence-corrected chi connectivity index (χ4v) is 2.26. The molecule has 0 bridgehead atoms. The molecular weight excluding hydrogens is 222 g/mol. The number of nitrogens with zero attached hydrogens (tertiary/aromatic N) is 1. The van der Waals surface area contributed by atoms with Crippen LogP contribution in [0.15, 0.2) is 29.8 Å². The first kappa shape index (κ1) is 9.77. The lowest BCUT2D eigenvalue weighted by atomic mass is 10.0. The van der Waals surface area contributed by atoms with Crippen LogP contribution in [-0.2, 0) is 9.59 Å². The van der Waals surface area contributed by atoms with Gasteiger partial charge in [0.05, 0.1) is 12.2 Å². The number of hydrogen-bond acceptors (Lipinski definition) is 3. The van der Waals surface area contributed by atoms with Gasteiger partial charge in [-0.1, -0.05) is 18.2 Å². The second-order valence-electron chi connectivity index (χ2n) is 3.89. The highest BCUT2D eigenvalue weighted by Crippen LogP contribution is 2.38. The molecule has 0 saturated heterocycles. The van der Waals surface area contributed by atoms with Gasteiger partial charge in [-0.2, -0.15) is 0 Å². The Morgan fingerprint density at radius 3 is 2.47 bits per heavy atom. The summed E-state index contributed by atoms with van der Waals surface area (Å²) in [6.07, 6.45) is 0. The molecule has 0 aromatic heterocycles. The van der Waals surface area contributed by atoms with Crippen molar-refractivity contribution in [1.29, 1.82) is 0 Å². The molecule has 1 amide bonds. The Balaban J connectivity index is 2.34. The number of benzene rings is 1. The maximum absolute atomic E-state index is 11.9. The van der Waals surface area contributed by atoms with Crippen molar-refractivity contribution in [3.8, 4) is 0 Å². The van der Waals surface area contributed by atoms with Crippen LogP contribution in [0.5, 0.6) is 0 Å². The van der Waals surface area contributed by atoms with Gasteiger partial charge < -0.3 is 5.11 Å². The molecule has 0 aliphatic carbocycles. The molecule has 5 heteroatoms. The monoisotopic (exact) mass is 229 g/mol. The fraction of sp³-hybridized carbons (Fsp3) is 0.0833. The smallest absolute Gasteiger partial charge is 0.341 e. The number of carbonyl (C=O) groups is 3. The van der Waals surface area contributed by atoms with Gasteiger partial charge in [-0.05, 0) is 6.07 Å². The van der Waals surface area contributed by atoms with Crippen LogP contribution in [0.1, 0.15) is 15.9 Å². The van der Waals surface area contributed by atoms with E-state index >= 15 is 0 Å². The predicted molar refractivity (Wildman–Crippen MR) is 57.0 cm³/mol. The molecule has 0 saturated carbocycles. The number of carboxylic acid groups (broad SMARTS) is 1. The number of amides is 1. The summed E-state index contributed by atoms with van der Waals surface area (Å²) in [6, 6.07) is 6.71. The summed E-state index contributed by atoms with van der Waals surface area (Å²) in [4.78, 5) is 35.8. The second kappa shape index (κ2) is 3.04. The van der Waals surface area contributed by atoms with Gasteiger partial charge >= 0.3 is 5.97 Å². The number of Topliss-reactive ketones (excluding diaryl/α,β-unsaturated/α-hetero) is 1. The van der Waals surface area contributed by atoms with E-state index in [0.29, 0.717) is 11.1 Å². The van der Waals surface area contributed by atoms with Crippen molar-refractivity contribution in [1.82, 2.24) is 4.90 Å². The minimum Gasteiger partial charge on any atom is -0.477 e. The maximum Gasteiger partial charge on any atom is 0.341 e. The van der Waals surface area contributed by atoms with E-state index in [2.05, 4.69) is 0 Å². The van der Waals surface area contributed by atoms with E-state index in [9.17, 15) is 14.4 Å². The second-order valence-corrected chi connectivity index (χ2v) is 3.89. The first-order valence-corrected chi connectivity index (χ1v) is 5.03. The molecule has 2 aliphatic rings. The Kier molecular flexibility index (Phi) is 1.75. The molecule has 0 spiro atoms. The topological polar surface area (TPSA) is 74.7 Å². The number of aliphatic carboxylic acids is 1. The lowest BCUT2D eigenvalue weighted by molar-refractivity contribution is -0.134. The summed E-state index contributed by atoms with van der Waals surface area (Å²) >= 11 is 0. The minimum absolute atomic E-state index is 0.176.